The molecule has 1 saturated heterocycles. The minimum absolute atomic E-state index is 0.0580. The number of unbranched alkanes of at least 4 members (excludes halogenated alkanes) is 2. The van der Waals surface area contributed by atoms with Gasteiger partial charge in [-0.15, -0.1) is 0 Å². The van der Waals surface area contributed by atoms with Crippen LogP contribution in [0.4, 0.5) is 0 Å². The second-order valence-corrected chi connectivity index (χ2v) is 12.0. The number of allylic oxidation sites excluding steroid dienone is 2. The Labute approximate surface area is 280 Å². The minimum Gasteiger partial charge on any atom is -0.550 e. The van der Waals surface area contributed by atoms with Crippen molar-refractivity contribution in [2.24, 2.45) is 4.99 Å². The van der Waals surface area contributed by atoms with Crippen LogP contribution in [-0.2, 0) is 23.9 Å². The van der Waals surface area contributed by atoms with Crippen molar-refractivity contribution in [2.75, 3.05) is 13.2 Å². The molecule has 6 rings (SSSR count). The van der Waals surface area contributed by atoms with E-state index in [4.69, 9.17) is 23.5 Å². The summed E-state index contributed by atoms with van der Waals surface area (Å²) >= 11 is 0. The van der Waals surface area contributed by atoms with Gasteiger partial charge in [-0.2, -0.15) is 9.90 Å². The molecule has 0 bridgehead atoms. The maximum Gasteiger partial charge on any atom is 0.311 e. The molecule has 49 heavy (non-hydrogen) atoms. The van der Waals surface area contributed by atoms with Crippen molar-refractivity contribution < 1.29 is 58.5 Å². The summed E-state index contributed by atoms with van der Waals surface area (Å²) < 4.78 is 23.0. The zero-order chi connectivity index (χ0) is 34.7. The number of carbonyl (C=O) groups is 2. The number of carboxylic acid groups (broad SMARTS) is 1. The summed E-state index contributed by atoms with van der Waals surface area (Å²) in [4.78, 5) is 46.9. The number of carboxylic acids is 1. The zero-order valence-electron chi connectivity index (χ0n) is 26.6. The molecule has 4 N–H and O–H groups in total. The molecule has 2 aromatic carbocycles. The van der Waals surface area contributed by atoms with Gasteiger partial charge in [0.25, 0.3) is 0 Å². The fourth-order valence-electron chi connectivity index (χ4n) is 6.04. The van der Waals surface area contributed by atoms with Gasteiger partial charge in [0.1, 0.15) is 60.5 Å². The van der Waals surface area contributed by atoms with Gasteiger partial charge in [0.2, 0.25) is 12.4 Å². The van der Waals surface area contributed by atoms with Crippen molar-refractivity contribution in [3.05, 3.63) is 82.0 Å². The minimum atomic E-state index is -1.63. The Morgan fingerprint density at radius 2 is 1.90 bits per heavy atom. The summed E-state index contributed by atoms with van der Waals surface area (Å²) in [5.41, 5.74) is 3.42. The number of aliphatic hydroxyl groups excluding tert-OH is 2. The smallest absolute Gasteiger partial charge is 0.311 e. The third kappa shape index (κ3) is 7.43. The fraction of sp³-hybridized carbons (Fsp3) is 0.371. The molecule has 1 aromatic heterocycles. The number of carbonyl (C=O) groups excluding carboxylic acids is 2. The average Bonchev–Trinajstić information content (AvgIpc) is 3.66. The van der Waals surface area contributed by atoms with Crippen LogP contribution in [-0.4, -0.2) is 77.3 Å². The van der Waals surface area contributed by atoms with Gasteiger partial charge in [-0.1, -0.05) is 31.9 Å². The molecular weight excluding hydrogens is 640 g/mol. The Hall–Kier alpha value is -4.86. The quantitative estimate of drug-likeness (QED) is 0.112. The molecule has 14 heteroatoms. The Kier molecular flexibility index (Phi) is 10.2. The molecule has 1 fully saturated rings. The first-order valence-electron chi connectivity index (χ1n) is 16.0. The average molecular weight is 677 g/mol. The van der Waals surface area contributed by atoms with E-state index in [-0.39, 0.29) is 27.9 Å². The highest BCUT2D eigenvalue weighted by atomic mass is 16.8. The summed E-state index contributed by atoms with van der Waals surface area (Å²) in [7, 11) is 0. The van der Waals surface area contributed by atoms with Crippen LogP contribution >= 0.6 is 0 Å². The summed E-state index contributed by atoms with van der Waals surface area (Å²) in [6.45, 7) is 1.93. The molecule has 14 nitrogen and oxygen atoms in total. The standard InChI is InChI=1S/C35H36N2O12/c1-2-3-4-5-25-30-20(12-13-36-30)16-37(25)49-34-33(44)32(43)27(18-46-29(41)15-28(39)40)48-35(34)47-22-10-11-23-26(14-22)45-17-24(31(23)42)19-6-8-21(38)9-7-19/h6-14,17,27,32-35,38,43-44H,2-5,15-16,18H2,1H3,(H,39,40). The van der Waals surface area contributed by atoms with Crippen LogP contribution in [0.5, 0.6) is 11.5 Å². The van der Waals surface area contributed by atoms with E-state index in [0.29, 0.717) is 29.2 Å². The molecule has 4 heterocycles. The van der Waals surface area contributed by atoms with Crippen molar-refractivity contribution in [3.8, 4) is 22.6 Å². The predicted octanol–water partition coefficient (Wildman–Crippen LogP) is 0.676. The molecule has 0 radical (unpaired) electrons. The lowest BCUT2D eigenvalue weighted by atomic mass is 9.99. The van der Waals surface area contributed by atoms with Crippen LogP contribution in [0.2, 0.25) is 0 Å². The first kappa shape index (κ1) is 34.0. The third-order valence-electron chi connectivity index (χ3n) is 8.58. The second kappa shape index (κ2) is 14.7. The number of hydrogen-bond donors (Lipinski definition) is 4. The molecule has 0 amide bonds. The van der Waals surface area contributed by atoms with Crippen molar-refractivity contribution in [1.82, 2.24) is 0 Å². The number of esters is 1. The molecule has 3 aliphatic heterocycles. The van der Waals surface area contributed by atoms with E-state index in [0.717, 1.165) is 36.2 Å². The van der Waals surface area contributed by atoms with E-state index in [1.165, 1.54) is 36.6 Å². The number of phenols is 1. The predicted molar refractivity (Wildman–Crippen MR) is 170 cm³/mol. The number of aromatic hydroxyl groups is 1. The number of aliphatic carboxylic acids is 1. The third-order valence-corrected chi connectivity index (χ3v) is 8.58. The van der Waals surface area contributed by atoms with Crippen LogP contribution in [0.1, 0.15) is 39.0 Å². The highest BCUT2D eigenvalue weighted by molar-refractivity contribution is 5.89. The molecule has 258 valence electrons. The van der Waals surface area contributed by atoms with Gasteiger partial charge in [-0.3, -0.25) is 14.6 Å². The number of benzene rings is 2. The van der Waals surface area contributed by atoms with Gasteiger partial charge in [0.05, 0.1) is 23.3 Å². The molecule has 0 saturated carbocycles. The van der Waals surface area contributed by atoms with E-state index in [1.807, 2.05) is 6.08 Å². The number of fused-ring (bicyclic) bond motifs is 2. The van der Waals surface area contributed by atoms with Crippen molar-refractivity contribution in [2.45, 2.75) is 69.7 Å². The van der Waals surface area contributed by atoms with Gasteiger partial charge in [0, 0.05) is 24.3 Å². The van der Waals surface area contributed by atoms with E-state index < -0.39 is 55.7 Å². The van der Waals surface area contributed by atoms with Crippen molar-refractivity contribution >= 4 is 29.1 Å². The number of aliphatic imine (C=N–C) groups is 1. The summed E-state index contributed by atoms with van der Waals surface area (Å²) in [6, 6.07) is 10.6. The Bertz CT molecular complexity index is 1860. The first-order valence-corrected chi connectivity index (χ1v) is 16.0. The monoisotopic (exact) mass is 676 g/mol. The first-order chi connectivity index (χ1) is 23.6. The van der Waals surface area contributed by atoms with Crippen molar-refractivity contribution in [3.63, 3.8) is 0 Å². The molecular formula is C35H36N2O12. The number of nitrogens with zero attached hydrogens (tertiary/aromatic N) is 1. The van der Waals surface area contributed by atoms with Gasteiger partial charge < -0.3 is 43.8 Å². The Morgan fingerprint density at radius 3 is 2.65 bits per heavy atom. The summed E-state index contributed by atoms with van der Waals surface area (Å²) in [5.74, 6) is -2.51. The number of quaternary nitrogens is 1. The SMILES string of the molecule is CCCCCC1=C2N=CC=C2C[NH+]1OC1C(Oc2ccc3c(=O)c(-c4ccc(O)cc4)coc3c2)OC(COC(=O)CC(=O)[O-])C(O)C1O. The van der Waals surface area contributed by atoms with Crippen molar-refractivity contribution in [1.29, 1.82) is 0 Å². The molecule has 0 aliphatic carbocycles. The number of phenolic OH excluding ortho intramolecular Hbond substituents is 1. The van der Waals surface area contributed by atoms with Crippen LogP contribution in [0.25, 0.3) is 22.1 Å². The topological polar surface area (TPSA) is 202 Å². The van der Waals surface area contributed by atoms with Crippen LogP contribution in [0, 0.1) is 0 Å². The lowest BCUT2D eigenvalue weighted by molar-refractivity contribution is -1.06. The zero-order valence-corrected chi connectivity index (χ0v) is 26.6. The van der Waals surface area contributed by atoms with E-state index in [9.17, 15) is 34.8 Å². The Morgan fingerprint density at radius 1 is 1.10 bits per heavy atom. The van der Waals surface area contributed by atoms with Crippen LogP contribution in [0.15, 0.2) is 86.0 Å². The highest BCUT2D eigenvalue weighted by Gasteiger charge is 2.51. The highest BCUT2D eigenvalue weighted by Crippen LogP contribution is 2.30. The number of hydroxylamine groups is 2. The summed E-state index contributed by atoms with van der Waals surface area (Å²) in [5, 5.41) is 43.6. The number of nitrogens with one attached hydrogen (secondary N) is 1. The second-order valence-electron chi connectivity index (χ2n) is 12.0. The maximum atomic E-state index is 13.3. The molecule has 6 unspecified atom stereocenters. The Balaban J connectivity index is 1.27. The fourth-order valence-corrected chi connectivity index (χ4v) is 6.04. The largest absolute Gasteiger partial charge is 0.550 e. The van der Waals surface area contributed by atoms with Crippen LogP contribution in [0.3, 0.4) is 0 Å². The van der Waals surface area contributed by atoms with Gasteiger partial charge in [0.15, 0.2) is 11.1 Å². The van der Waals surface area contributed by atoms with Crippen LogP contribution < -0.4 is 20.3 Å². The molecule has 3 aliphatic rings. The lowest BCUT2D eigenvalue weighted by Crippen LogP contribution is -3.09. The van der Waals surface area contributed by atoms with E-state index >= 15 is 0 Å². The number of ether oxygens (including phenoxy) is 3. The number of rotatable bonds is 13. The number of aliphatic hydroxyl groups is 2. The summed E-state index contributed by atoms with van der Waals surface area (Å²) in [6.07, 6.45) is 0.360. The normalized spacial score (nSPS) is 24.6. The van der Waals surface area contributed by atoms with E-state index in [2.05, 4.69) is 11.9 Å². The van der Waals surface area contributed by atoms with Gasteiger partial charge >= 0.3 is 5.97 Å². The lowest BCUT2D eigenvalue weighted by Gasteiger charge is -2.41. The van der Waals surface area contributed by atoms with Gasteiger partial charge in [-0.25, -0.2) is 0 Å². The maximum absolute atomic E-state index is 13.3. The molecule has 6 atom stereocenters. The molecule has 0 spiro atoms. The number of hydrogen-bond acceptors (Lipinski definition) is 13. The molecule has 3 aromatic rings. The van der Waals surface area contributed by atoms with E-state index in [1.54, 1.807) is 18.3 Å². The van der Waals surface area contributed by atoms with Gasteiger partial charge in [-0.05, 0) is 42.3 Å².